The lowest BCUT2D eigenvalue weighted by atomic mass is 10.1. The zero-order valence-electron chi connectivity index (χ0n) is 13.4. The first-order chi connectivity index (χ1) is 10.1. The van der Waals surface area contributed by atoms with Crippen LogP contribution >= 0.6 is 11.6 Å². The lowest BCUT2D eigenvalue weighted by Gasteiger charge is -2.25. The van der Waals surface area contributed by atoms with Gasteiger partial charge in [-0.1, -0.05) is 31.5 Å². The maximum absolute atomic E-state index is 6.49. The Labute approximate surface area is 133 Å². The van der Waals surface area contributed by atoms with Crippen LogP contribution < -0.4 is 10.2 Å². The molecule has 2 rings (SSSR count). The van der Waals surface area contributed by atoms with Gasteiger partial charge in [0.05, 0.1) is 16.8 Å². The maximum Gasteiger partial charge on any atom is 0.0721 e. The number of hydrogen-bond acceptors (Lipinski definition) is 3. The molecule has 1 saturated heterocycles. The van der Waals surface area contributed by atoms with E-state index in [1.165, 1.54) is 5.56 Å². The number of ether oxygens (including phenoxy) is 1. The molecule has 0 saturated carbocycles. The molecule has 1 atom stereocenters. The average molecular weight is 311 g/mol. The molecular weight excluding hydrogens is 284 g/mol. The quantitative estimate of drug-likeness (QED) is 0.897. The van der Waals surface area contributed by atoms with Crippen LogP contribution in [0.4, 0.5) is 5.69 Å². The highest BCUT2D eigenvalue weighted by Crippen LogP contribution is 2.28. The van der Waals surface area contributed by atoms with E-state index in [0.717, 1.165) is 49.9 Å². The van der Waals surface area contributed by atoms with Gasteiger partial charge < -0.3 is 15.0 Å². The van der Waals surface area contributed by atoms with E-state index in [2.05, 4.69) is 49.2 Å². The van der Waals surface area contributed by atoms with E-state index < -0.39 is 0 Å². The lowest BCUT2D eigenvalue weighted by molar-refractivity contribution is 0.0821. The minimum absolute atomic E-state index is 0.260. The fraction of sp³-hybridized carbons (Fsp3) is 0.647. The Bertz CT molecular complexity index is 450. The molecule has 3 nitrogen and oxygen atoms in total. The first-order valence-electron chi connectivity index (χ1n) is 7.92. The summed E-state index contributed by atoms with van der Waals surface area (Å²) in [5.41, 5.74) is 2.37. The highest BCUT2D eigenvalue weighted by molar-refractivity contribution is 6.33. The fourth-order valence-electron chi connectivity index (χ4n) is 2.64. The normalized spacial score (nSPS) is 19.9. The molecule has 1 aromatic rings. The zero-order chi connectivity index (χ0) is 15.2. The summed E-state index contributed by atoms with van der Waals surface area (Å²) in [7, 11) is 0. The van der Waals surface area contributed by atoms with Crippen LogP contribution in [0.5, 0.6) is 0 Å². The highest BCUT2D eigenvalue weighted by Gasteiger charge is 2.17. The topological polar surface area (TPSA) is 24.5 Å². The summed E-state index contributed by atoms with van der Waals surface area (Å²) >= 11 is 6.49. The van der Waals surface area contributed by atoms with Crippen LogP contribution in [-0.4, -0.2) is 32.3 Å². The van der Waals surface area contributed by atoms with Gasteiger partial charge in [-0.3, -0.25) is 0 Å². The van der Waals surface area contributed by atoms with Crippen molar-refractivity contribution >= 4 is 17.3 Å². The number of halogens is 1. The van der Waals surface area contributed by atoms with Crippen LogP contribution in [0.3, 0.4) is 0 Å². The third kappa shape index (κ3) is 5.17. The van der Waals surface area contributed by atoms with Gasteiger partial charge in [-0.2, -0.15) is 0 Å². The molecule has 1 unspecified atom stereocenters. The van der Waals surface area contributed by atoms with Crippen LogP contribution in [0.25, 0.3) is 0 Å². The van der Waals surface area contributed by atoms with Gasteiger partial charge in [0.15, 0.2) is 0 Å². The zero-order valence-corrected chi connectivity index (χ0v) is 14.1. The van der Waals surface area contributed by atoms with Gasteiger partial charge in [0.2, 0.25) is 0 Å². The lowest BCUT2D eigenvalue weighted by Crippen LogP contribution is -2.30. The van der Waals surface area contributed by atoms with Gasteiger partial charge in [-0.15, -0.1) is 0 Å². The smallest absolute Gasteiger partial charge is 0.0721 e. The first-order valence-corrected chi connectivity index (χ1v) is 8.29. The van der Waals surface area contributed by atoms with Crippen LogP contribution in [-0.2, 0) is 11.3 Å². The van der Waals surface area contributed by atoms with Gasteiger partial charge in [-0.05, 0) is 43.5 Å². The third-order valence-electron chi connectivity index (χ3n) is 3.69. The maximum atomic E-state index is 6.49. The summed E-state index contributed by atoms with van der Waals surface area (Å²) in [6, 6.07) is 6.40. The van der Waals surface area contributed by atoms with E-state index in [9.17, 15) is 0 Å². The Morgan fingerprint density at radius 1 is 1.43 bits per heavy atom. The number of nitrogens with zero attached hydrogens (tertiary/aromatic N) is 1. The molecule has 118 valence electrons. The summed E-state index contributed by atoms with van der Waals surface area (Å²) < 4.78 is 5.70. The summed E-state index contributed by atoms with van der Waals surface area (Å²) in [5, 5.41) is 4.29. The van der Waals surface area contributed by atoms with E-state index in [1.807, 2.05) is 0 Å². The Morgan fingerprint density at radius 2 is 2.24 bits per heavy atom. The molecule has 0 spiro atoms. The SMILES string of the molecule is CC(C)CNCc1ccc(N2CCCOC(C)C2)c(Cl)c1. The number of nitrogens with one attached hydrogen (secondary N) is 1. The van der Waals surface area contributed by atoms with Crippen LogP contribution in [0.1, 0.15) is 32.8 Å². The molecule has 21 heavy (non-hydrogen) atoms. The van der Waals surface area contributed by atoms with E-state index in [4.69, 9.17) is 16.3 Å². The number of benzene rings is 1. The van der Waals surface area contributed by atoms with Crippen molar-refractivity contribution in [1.82, 2.24) is 5.32 Å². The van der Waals surface area contributed by atoms with E-state index in [-0.39, 0.29) is 6.10 Å². The Morgan fingerprint density at radius 3 is 2.95 bits per heavy atom. The first kappa shape index (κ1) is 16.6. The second-order valence-corrected chi connectivity index (χ2v) is 6.70. The van der Waals surface area contributed by atoms with Crippen molar-refractivity contribution in [2.45, 2.75) is 39.8 Å². The van der Waals surface area contributed by atoms with E-state index >= 15 is 0 Å². The van der Waals surface area contributed by atoms with Crippen molar-refractivity contribution in [2.75, 3.05) is 31.1 Å². The van der Waals surface area contributed by atoms with Crippen molar-refractivity contribution in [2.24, 2.45) is 5.92 Å². The summed E-state index contributed by atoms with van der Waals surface area (Å²) in [6.07, 6.45) is 1.31. The second-order valence-electron chi connectivity index (χ2n) is 6.29. The molecule has 1 aliphatic rings. The molecule has 0 amide bonds. The number of hydrogen-bond donors (Lipinski definition) is 1. The second kappa shape index (κ2) is 8.02. The molecule has 0 aliphatic carbocycles. The van der Waals surface area contributed by atoms with Crippen LogP contribution in [0.2, 0.25) is 5.02 Å². The predicted molar refractivity (Wildman–Crippen MR) is 90.2 cm³/mol. The predicted octanol–water partition coefficient (Wildman–Crippen LogP) is 3.70. The molecule has 1 aliphatic heterocycles. The van der Waals surface area contributed by atoms with E-state index in [0.29, 0.717) is 5.92 Å². The molecule has 1 heterocycles. The van der Waals surface area contributed by atoms with E-state index in [1.54, 1.807) is 0 Å². The van der Waals surface area contributed by atoms with Crippen molar-refractivity contribution in [1.29, 1.82) is 0 Å². The Balaban J connectivity index is 2.01. The van der Waals surface area contributed by atoms with Crippen molar-refractivity contribution < 1.29 is 4.74 Å². The highest BCUT2D eigenvalue weighted by atomic mass is 35.5. The fourth-order valence-corrected chi connectivity index (χ4v) is 2.96. The Kier molecular flexibility index (Phi) is 6.34. The minimum atomic E-state index is 0.260. The van der Waals surface area contributed by atoms with Gasteiger partial charge in [-0.25, -0.2) is 0 Å². The summed E-state index contributed by atoms with van der Waals surface area (Å²) in [6.45, 7) is 11.2. The molecule has 1 aromatic carbocycles. The number of anilines is 1. The molecule has 0 radical (unpaired) electrons. The third-order valence-corrected chi connectivity index (χ3v) is 3.99. The number of rotatable bonds is 5. The standard InChI is InChI=1S/C17H27ClN2O/c1-13(2)10-19-11-15-5-6-17(16(18)9-15)20-7-4-8-21-14(3)12-20/h5-6,9,13-14,19H,4,7-8,10-12H2,1-3H3. The van der Waals surface area contributed by atoms with Gasteiger partial charge >= 0.3 is 0 Å². The largest absolute Gasteiger partial charge is 0.377 e. The van der Waals surface area contributed by atoms with Gasteiger partial charge in [0, 0.05) is 26.2 Å². The molecule has 1 fully saturated rings. The summed E-state index contributed by atoms with van der Waals surface area (Å²) in [5.74, 6) is 0.665. The molecule has 1 N–H and O–H groups in total. The average Bonchev–Trinajstić information content (AvgIpc) is 2.63. The molecular formula is C17H27ClN2O. The molecule has 0 aromatic heterocycles. The molecule has 4 heteroatoms. The van der Waals surface area contributed by atoms with Crippen molar-refractivity contribution in [3.05, 3.63) is 28.8 Å². The minimum Gasteiger partial charge on any atom is -0.377 e. The van der Waals surface area contributed by atoms with Crippen molar-refractivity contribution in [3.63, 3.8) is 0 Å². The van der Waals surface area contributed by atoms with Crippen molar-refractivity contribution in [3.8, 4) is 0 Å². The Hall–Kier alpha value is -0.770. The van der Waals surface area contributed by atoms with Crippen LogP contribution in [0.15, 0.2) is 18.2 Å². The summed E-state index contributed by atoms with van der Waals surface area (Å²) in [4.78, 5) is 2.34. The van der Waals surface area contributed by atoms with Crippen LogP contribution in [0, 0.1) is 5.92 Å². The van der Waals surface area contributed by atoms with Gasteiger partial charge in [0.1, 0.15) is 0 Å². The monoisotopic (exact) mass is 310 g/mol. The van der Waals surface area contributed by atoms with Gasteiger partial charge in [0.25, 0.3) is 0 Å². The molecule has 0 bridgehead atoms.